The lowest BCUT2D eigenvalue weighted by Gasteiger charge is -2.34. The highest BCUT2D eigenvalue weighted by molar-refractivity contribution is 7.92. The Kier molecular flexibility index (Phi) is 3.49. The molecule has 1 aliphatic heterocycles. The molecule has 6 nitrogen and oxygen atoms in total. The SMILES string of the molecule is Cc1ccc2c(n1)OCCN2C(=O)C(C)(C)S(C)(=O)=O. The van der Waals surface area contributed by atoms with Crippen LogP contribution in [0.2, 0.25) is 0 Å². The van der Waals surface area contributed by atoms with Crippen LogP contribution in [0.5, 0.6) is 5.88 Å². The summed E-state index contributed by atoms with van der Waals surface area (Å²) >= 11 is 0. The number of pyridine rings is 1. The van der Waals surface area contributed by atoms with E-state index in [0.29, 0.717) is 24.7 Å². The molecular formula is C13H18N2O4S. The molecule has 0 aliphatic carbocycles. The Hall–Kier alpha value is -1.63. The third-order valence-electron chi connectivity index (χ3n) is 3.51. The van der Waals surface area contributed by atoms with Gasteiger partial charge in [-0.1, -0.05) is 0 Å². The van der Waals surface area contributed by atoms with Crippen LogP contribution in [0.1, 0.15) is 19.5 Å². The second kappa shape index (κ2) is 4.73. The van der Waals surface area contributed by atoms with Gasteiger partial charge in [-0.2, -0.15) is 0 Å². The number of amides is 1. The van der Waals surface area contributed by atoms with Gasteiger partial charge in [-0.15, -0.1) is 0 Å². The lowest BCUT2D eigenvalue weighted by Crippen LogP contribution is -2.52. The number of hydrogen-bond acceptors (Lipinski definition) is 5. The fraction of sp³-hybridized carbons (Fsp3) is 0.538. The molecule has 0 fully saturated rings. The molecule has 2 heterocycles. The zero-order valence-electron chi connectivity index (χ0n) is 12.0. The van der Waals surface area contributed by atoms with Crippen molar-refractivity contribution in [1.29, 1.82) is 0 Å². The van der Waals surface area contributed by atoms with Crippen LogP contribution in [-0.4, -0.2) is 43.5 Å². The topological polar surface area (TPSA) is 76.6 Å². The monoisotopic (exact) mass is 298 g/mol. The van der Waals surface area contributed by atoms with Gasteiger partial charge in [-0.25, -0.2) is 13.4 Å². The van der Waals surface area contributed by atoms with E-state index < -0.39 is 20.5 Å². The number of rotatable bonds is 2. The molecular weight excluding hydrogens is 280 g/mol. The highest BCUT2D eigenvalue weighted by Crippen LogP contribution is 2.32. The number of carbonyl (C=O) groups is 1. The molecule has 7 heteroatoms. The van der Waals surface area contributed by atoms with E-state index in [1.807, 2.05) is 6.92 Å². The average molecular weight is 298 g/mol. The van der Waals surface area contributed by atoms with Gasteiger partial charge in [0.05, 0.1) is 6.54 Å². The van der Waals surface area contributed by atoms with Crippen LogP contribution >= 0.6 is 0 Å². The van der Waals surface area contributed by atoms with Crippen molar-refractivity contribution in [1.82, 2.24) is 4.98 Å². The molecule has 0 saturated heterocycles. The molecule has 0 radical (unpaired) electrons. The predicted molar refractivity (Wildman–Crippen MR) is 75.7 cm³/mol. The van der Waals surface area contributed by atoms with E-state index in [1.54, 1.807) is 12.1 Å². The minimum atomic E-state index is -3.51. The maximum absolute atomic E-state index is 12.6. The Morgan fingerprint density at radius 2 is 2.05 bits per heavy atom. The lowest BCUT2D eigenvalue weighted by atomic mass is 10.1. The maximum atomic E-state index is 12.6. The molecule has 0 bridgehead atoms. The van der Waals surface area contributed by atoms with Gasteiger partial charge < -0.3 is 9.64 Å². The van der Waals surface area contributed by atoms with Gasteiger partial charge in [0.25, 0.3) is 0 Å². The van der Waals surface area contributed by atoms with Gasteiger partial charge >= 0.3 is 0 Å². The zero-order valence-corrected chi connectivity index (χ0v) is 12.8. The van der Waals surface area contributed by atoms with Crippen LogP contribution in [-0.2, 0) is 14.6 Å². The van der Waals surface area contributed by atoms with Crippen LogP contribution in [0.25, 0.3) is 0 Å². The fourth-order valence-corrected chi connectivity index (χ4v) is 2.31. The van der Waals surface area contributed by atoms with E-state index in [2.05, 4.69) is 4.98 Å². The molecule has 0 spiro atoms. The summed E-state index contributed by atoms with van der Waals surface area (Å²) < 4.78 is 27.6. The Bertz CT molecular complexity index is 652. The van der Waals surface area contributed by atoms with Crippen molar-refractivity contribution in [3.63, 3.8) is 0 Å². The zero-order chi connectivity index (χ0) is 15.1. The number of sulfone groups is 1. The molecule has 0 N–H and O–H groups in total. The van der Waals surface area contributed by atoms with Crippen molar-refractivity contribution in [2.24, 2.45) is 0 Å². The van der Waals surface area contributed by atoms with Crippen molar-refractivity contribution in [2.75, 3.05) is 24.3 Å². The average Bonchev–Trinajstić information content (AvgIpc) is 2.35. The molecule has 20 heavy (non-hydrogen) atoms. The number of ether oxygens (including phenoxy) is 1. The van der Waals surface area contributed by atoms with Gasteiger partial charge in [-0.3, -0.25) is 4.79 Å². The van der Waals surface area contributed by atoms with E-state index >= 15 is 0 Å². The van der Waals surface area contributed by atoms with Crippen LogP contribution in [0.15, 0.2) is 12.1 Å². The smallest absolute Gasteiger partial charge is 0.248 e. The van der Waals surface area contributed by atoms with Crippen LogP contribution in [0.3, 0.4) is 0 Å². The van der Waals surface area contributed by atoms with Crippen molar-refractivity contribution >= 4 is 21.4 Å². The number of hydrogen-bond donors (Lipinski definition) is 0. The van der Waals surface area contributed by atoms with E-state index in [0.717, 1.165) is 11.9 Å². The number of fused-ring (bicyclic) bond motifs is 1. The van der Waals surface area contributed by atoms with Crippen molar-refractivity contribution in [3.8, 4) is 5.88 Å². The van der Waals surface area contributed by atoms with Crippen molar-refractivity contribution < 1.29 is 17.9 Å². The maximum Gasteiger partial charge on any atom is 0.248 e. The molecule has 1 aliphatic rings. The molecule has 2 rings (SSSR count). The number of aromatic nitrogens is 1. The van der Waals surface area contributed by atoms with E-state index in [1.165, 1.54) is 18.7 Å². The summed E-state index contributed by atoms with van der Waals surface area (Å²) in [6, 6.07) is 3.49. The molecule has 0 atom stereocenters. The first kappa shape index (κ1) is 14.8. The predicted octanol–water partition coefficient (Wildman–Crippen LogP) is 0.939. The van der Waals surface area contributed by atoms with Crippen LogP contribution in [0.4, 0.5) is 5.69 Å². The molecule has 1 aromatic rings. The minimum absolute atomic E-state index is 0.301. The summed E-state index contributed by atoms with van der Waals surface area (Å²) in [5.74, 6) is -0.0934. The molecule has 1 amide bonds. The van der Waals surface area contributed by atoms with Crippen LogP contribution < -0.4 is 9.64 Å². The second-order valence-corrected chi connectivity index (χ2v) is 7.93. The third-order valence-corrected chi connectivity index (χ3v) is 5.54. The highest BCUT2D eigenvalue weighted by Gasteiger charge is 2.43. The van der Waals surface area contributed by atoms with E-state index in [-0.39, 0.29) is 0 Å². The fourth-order valence-electron chi connectivity index (χ4n) is 1.89. The summed E-state index contributed by atoms with van der Waals surface area (Å²) in [5.41, 5.74) is 1.30. The Morgan fingerprint density at radius 3 is 2.65 bits per heavy atom. The third kappa shape index (κ3) is 2.37. The largest absolute Gasteiger partial charge is 0.474 e. The van der Waals surface area contributed by atoms with Crippen LogP contribution in [0, 0.1) is 6.92 Å². The Labute approximate surface area is 118 Å². The summed E-state index contributed by atoms with van der Waals surface area (Å²) in [5, 5.41) is 0. The minimum Gasteiger partial charge on any atom is -0.474 e. The molecule has 0 saturated carbocycles. The summed E-state index contributed by atoms with van der Waals surface area (Å²) in [6.45, 7) is 5.28. The van der Waals surface area contributed by atoms with Gasteiger partial charge in [-0.05, 0) is 32.9 Å². The van der Waals surface area contributed by atoms with Crippen molar-refractivity contribution in [2.45, 2.75) is 25.5 Å². The first-order valence-corrected chi connectivity index (χ1v) is 8.16. The van der Waals surface area contributed by atoms with Gasteiger partial charge in [0, 0.05) is 11.9 Å². The standard InChI is InChI=1S/C13H18N2O4S/c1-9-5-6-10-11(14-9)19-8-7-15(10)12(16)13(2,3)20(4,17)18/h5-6H,7-8H2,1-4H3. The number of carbonyl (C=O) groups excluding carboxylic acids is 1. The molecule has 110 valence electrons. The first-order valence-electron chi connectivity index (χ1n) is 6.26. The van der Waals surface area contributed by atoms with E-state index in [4.69, 9.17) is 4.74 Å². The van der Waals surface area contributed by atoms with Gasteiger partial charge in [0.2, 0.25) is 11.8 Å². The number of anilines is 1. The molecule has 1 aromatic heterocycles. The number of nitrogens with zero attached hydrogens (tertiary/aromatic N) is 2. The quantitative estimate of drug-likeness (QED) is 0.812. The van der Waals surface area contributed by atoms with Gasteiger partial charge in [0.15, 0.2) is 9.84 Å². The Balaban J connectivity index is 2.44. The van der Waals surface area contributed by atoms with Crippen molar-refractivity contribution in [3.05, 3.63) is 17.8 Å². The normalized spacial score (nSPS) is 15.5. The Morgan fingerprint density at radius 1 is 1.40 bits per heavy atom. The second-order valence-electron chi connectivity index (χ2n) is 5.36. The summed E-state index contributed by atoms with van der Waals surface area (Å²) in [4.78, 5) is 18.2. The summed E-state index contributed by atoms with van der Waals surface area (Å²) in [7, 11) is -3.51. The lowest BCUT2D eigenvalue weighted by molar-refractivity contribution is -0.120. The summed E-state index contributed by atoms with van der Waals surface area (Å²) in [6.07, 6.45) is 1.07. The molecule has 0 unspecified atom stereocenters. The number of aryl methyl sites for hydroxylation is 1. The highest BCUT2D eigenvalue weighted by atomic mass is 32.2. The first-order chi connectivity index (χ1) is 9.14. The van der Waals surface area contributed by atoms with E-state index in [9.17, 15) is 13.2 Å². The molecule has 0 aromatic carbocycles. The van der Waals surface area contributed by atoms with Gasteiger partial charge in [0.1, 0.15) is 17.0 Å².